The third kappa shape index (κ3) is 4.67. The second-order valence-corrected chi connectivity index (χ2v) is 7.63. The van der Waals surface area contributed by atoms with Crippen molar-refractivity contribution >= 4 is 38.9 Å². The highest BCUT2D eigenvalue weighted by Crippen LogP contribution is 2.24. The predicted molar refractivity (Wildman–Crippen MR) is 93.2 cm³/mol. The Bertz CT molecular complexity index is 889. The molecular formula is C16H15ClF2N2O3S. The van der Waals surface area contributed by atoms with Gasteiger partial charge in [0.1, 0.15) is 6.04 Å². The molecule has 0 spiro atoms. The molecule has 1 unspecified atom stereocenters. The van der Waals surface area contributed by atoms with Crippen LogP contribution in [0.1, 0.15) is 6.92 Å². The zero-order valence-electron chi connectivity index (χ0n) is 13.3. The molecule has 1 atom stereocenters. The number of hydrogen-bond acceptors (Lipinski definition) is 3. The molecule has 2 aromatic carbocycles. The largest absolute Gasteiger partial charge is 0.324 e. The van der Waals surface area contributed by atoms with E-state index < -0.39 is 33.6 Å². The van der Waals surface area contributed by atoms with Crippen molar-refractivity contribution < 1.29 is 22.0 Å². The second-order valence-electron chi connectivity index (χ2n) is 5.33. The summed E-state index contributed by atoms with van der Waals surface area (Å²) in [7, 11) is -3.93. The minimum atomic E-state index is -3.93. The summed E-state index contributed by atoms with van der Waals surface area (Å²) < 4.78 is 51.5. The normalized spacial score (nSPS) is 12.5. The number of carbonyl (C=O) groups is 1. The maximum absolute atomic E-state index is 13.5. The molecule has 0 aromatic heterocycles. The van der Waals surface area contributed by atoms with Crippen molar-refractivity contribution in [1.29, 1.82) is 0 Å². The first-order chi connectivity index (χ1) is 11.6. The lowest BCUT2D eigenvalue weighted by molar-refractivity contribution is -0.116. The first kappa shape index (κ1) is 19.1. The molecule has 0 aliphatic rings. The van der Waals surface area contributed by atoms with E-state index in [1.807, 2.05) is 0 Å². The van der Waals surface area contributed by atoms with Crippen LogP contribution in [0.15, 0.2) is 42.5 Å². The van der Waals surface area contributed by atoms with E-state index in [0.717, 1.165) is 28.8 Å². The molecule has 2 aromatic rings. The molecule has 0 saturated carbocycles. The fraction of sp³-hybridized carbons (Fsp3) is 0.188. The van der Waals surface area contributed by atoms with Crippen LogP contribution >= 0.6 is 11.6 Å². The summed E-state index contributed by atoms with van der Waals surface area (Å²) in [5.74, 6) is -2.97. The molecule has 134 valence electrons. The summed E-state index contributed by atoms with van der Waals surface area (Å²) in [4.78, 5) is 12.4. The Morgan fingerprint density at radius 1 is 1.12 bits per heavy atom. The molecule has 0 fully saturated rings. The zero-order valence-corrected chi connectivity index (χ0v) is 14.9. The van der Waals surface area contributed by atoms with Crippen molar-refractivity contribution in [3.63, 3.8) is 0 Å². The summed E-state index contributed by atoms with van der Waals surface area (Å²) in [6.07, 6.45) is 0.875. The van der Waals surface area contributed by atoms with E-state index >= 15 is 0 Å². The molecule has 5 nitrogen and oxygen atoms in total. The number of anilines is 2. The van der Waals surface area contributed by atoms with Crippen molar-refractivity contribution in [3.8, 4) is 0 Å². The van der Waals surface area contributed by atoms with Gasteiger partial charge in [0.05, 0.1) is 11.9 Å². The number of rotatable bonds is 5. The highest BCUT2D eigenvalue weighted by atomic mass is 35.5. The molecule has 0 radical (unpaired) electrons. The van der Waals surface area contributed by atoms with Crippen LogP contribution < -0.4 is 9.62 Å². The molecule has 1 amide bonds. The van der Waals surface area contributed by atoms with Crippen LogP contribution in [0.3, 0.4) is 0 Å². The number of sulfonamides is 1. The molecule has 2 rings (SSSR count). The Morgan fingerprint density at radius 2 is 1.72 bits per heavy atom. The Balaban J connectivity index is 2.32. The third-order valence-electron chi connectivity index (χ3n) is 3.36. The Kier molecular flexibility index (Phi) is 5.64. The maximum Gasteiger partial charge on any atom is 0.247 e. The number of benzene rings is 2. The van der Waals surface area contributed by atoms with Gasteiger partial charge in [-0.3, -0.25) is 9.10 Å². The second kappa shape index (κ2) is 7.37. The lowest BCUT2D eigenvalue weighted by atomic mass is 10.2. The van der Waals surface area contributed by atoms with E-state index in [1.54, 1.807) is 24.3 Å². The number of nitrogens with one attached hydrogen (secondary N) is 1. The molecule has 0 heterocycles. The van der Waals surface area contributed by atoms with Crippen LogP contribution in [0.25, 0.3) is 0 Å². The van der Waals surface area contributed by atoms with E-state index in [1.165, 1.54) is 6.92 Å². The highest BCUT2D eigenvalue weighted by molar-refractivity contribution is 7.92. The SMILES string of the molecule is CC(C(=O)Nc1ccc(Cl)cc1)N(c1ccc(F)c(F)c1)S(C)(=O)=O. The van der Waals surface area contributed by atoms with Crippen molar-refractivity contribution in [2.24, 2.45) is 0 Å². The zero-order chi connectivity index (χ0) is 18.8. The number of hydrogen-bond donors (Lipinski definition) is 1. The lowest BCUT2D eigenvalue weighted by Crippen LogP contribution is -2.45. The molecule has 0 saturated heterocycles. The van der Waals surface area contributed by atoms with Gasteiger partial charge in [0.25, 0.3) is 0 Å². The number of nitrogens with zero attached hydrogens (tertiary/aromatic N) is 1. The lowest BCUT2D eigenvalue weighted by Gasteiger charge is -2.28. The van der Waals surface area contributed by atoms with Gasteiger partial charge >= 0.3 is 0 Å². The fourth-order valence-electron chi connectivity index (χ4n) is 2.21. The summed E-state index contributed by atoms with van der Waals surface area (Å²) in [5, 5.41) is 3.02. The smallest absolute Gasteiger partial charge is 0.247 e. The standard InChI is InChI=1S/C16H15ClF2N2O3S/c1-10(16(22)20-12-5-3-11(17)4-6-12)21(25(2,23)24)13-7-8-14(18)15(19)9-13/h3-10H,1-2H3,(H,20,22). The monoisotopic (exact) mass is 388 g/mol. The number of carbonyl (C=O) groups excluding carboxylic acids is 1. The fourth-order valence-corrected chi connectivity index (χ4v) is 3.50. The molecule has 0 bridgehead atoms. The van der Waals surface area contributed by atoms with Crippen LogP contribution in [0, 0.1) is 11.6 Å². The quantitative estimate of drug-likeness (QED) is 0.853. The maximum atomic E-state index is 13.5. The van der Waals surface area contributed by atoms with Crippen LogP contribution in [0.4, 0.5) is 20.2 Å². The van der Waals surface area contributed by atoms with E-state index in [-0.39, 0.29) is 5.69 Å². The Hall–Kier alpha value is -2.19. The topological polar surface area (TPSA) is 66.5 Å². The van der Waals surface area contributed by atoms with Crippen molar-refractivity contribution in [1.82, 2.24) is 0 Å². The van der Waals surface area contributed by atoms with Gasteiger partial charge in [0, 0.05) is 16.8 Å². The number of amides is 1. The average Bonchev–Trinajstić information content (AvgIpc) is 2.51. The van der Waals surface area contributed by atoms with Gasteiger partial charge in [0.2, 0.25) is 15.9 Å². The molecule has 25 heavy (non-hydrogen) atoms. The van der Waals surface area contributed by atoms with Gasteiger partial charge < -0.3 is 5.32 Å². The van der Waals surface area contributed by atoms with E-state index in [2.05, 4.69) is 5.32 Å². The van der Waals surface area contributed by atoms with Gasteiger partial charge in [0.15, 0.2) is 11.6 Å². The van der Waals surface area contributed by atoms with Gasteiger partial charge in [-0.2, -0.15) is 0 Å². The van der Waals surface area contributed by atoms with Crippen LogP contribution in [0.2, 0.25) is 5.02 Å². The predicted octanol–water partition coefficient (Wildman–Crippen LogP) is 3.41. The first-order valence-electron chi connectivity index (χ1n) is 7.10. The minimum absolute atomic E-state index is 0.153. The van der Waals surface area contributed by atoms with Crippen molar-refractivity contribution in [2.45, 2.75) is 13.0 Å². The average molecular weight is 389 g/mol. The van der Waals surface area contributed by atoms with Crippen LogP contribution in [-0.2, 0) is 14.8 Å². The summed E-state index contributed by atoms with van der Waals surface area (Å²) in [5.41, 5.74) is 0.264. The van der Waals surface area contributed by atoms with Gasteiger partial charge in [-0.1, -0.05) is 11.6 Å². The summed E-state index contributed by atoms with van der Waals surface area (Å²) in [6.45, 7) is 1.34. The molecule has 0 aliphatic heterocycles. The van der Waals surface area contributed by atoms with Crippen LogP contribution in [-0.4, -0.2) is 26.6 Å². The van der Waals surface area contributed by atoms with Gasteiger partial charge in [-0.25, -0.2) is 17.2 Å². The van der Waals surface area contributed by atoms with Crippen molar-refractivity contribution in [2.75, 3.05) is 15.9 Å². The third-order valence-corrected chi connectivity index (χ3v) is 4.85. The molecule has 1 N–H and O–H groups in total. The first-order valence-corrected chi connectivity index (χ1v) is 9.33. The summed E-state index contributed by atoms with van der Waals surface area (Å²) >= 11 is 5.76. The highest BCUT2D eigenvalue weighted by Gasteiger charge is 2.29. The Morgan fingerprint density at radius 3 is 2.24 bits per heavy atom. The van der Waals surface area contributed by atoms with Crippen molar-refractivity contribution in [3.05, 3.63) is 59.1 Å². The van der Waals surface area contributed by atoms with Crippen LogP contribution in [0.5, 0.6) is 0 Å². The minimum Gasteiger partial charge on any atom is -0.324 e. The van der Waals surface area contributed by atoms with Gasteiger partial charge in [-0.15, -0.1) is 0 Å². The molecule has 0 aliphatic carbocycles. The molecule has 9 heteroatoms. The van der Waals surface area contributed by atoms with E-state index in [9.17, 15) is 22.0 Å². The Labute approximate surface area is 149 Å². The van der Waals surface area contributed by atoms with Gasteiger partial charge in [-0.05, 0) is 43.3 Å². The molecular weight excluding hydrogens is 374 g/mol. The van der Waals surface area contributed by atoms with E-state index in [0.29, 0.717) is 10.7 Å². The number of halogens is 3. The van der Waals surface area contributed by atoms with E-state index in [4.69, 9.17) is 11.6 Å². The summed E-state index contributed by atoms with van der Waals surface area (Å²) in [6, 6.07) is 7.64.